The van der Waals surface area contributed by atoms with Crippen molar-refractivity contribution in [3.63, 3.8) is 0 Å². The fourth-order valence-corrected chi connectivity index (χ4v) is 7.95. The fraction of sp³-hybridized carbons (Fsp3) is 0.312. The molecule has 1 N–H and O–H groups in total. The highest BCUT2D eigenvalue weighted by Crippen LogP contribution is 2.39. The van der Waals surface area contributed by atoms with Crippen molar-refractivity contribution in [1.82, 2.24) is 4.90 Å². The Hall–Kier alpha value is -5.53. The number of ether oxygens (including phenoxy) is 1. The van der Waals surface area contributed by atoms with E-state index in [2.05, 4.69) is 41.3 Å². The minimum absolute atomic E-state index is 0.00650. The maximum atomic E-state index is 15.0. The number of carbonyl (C=O) groups excluding carboxylic acids is 3. The van der Waals surface area contributed by atoms with Gasteiger partial charge in [-0.1, -0.05) is 154 Å². The Bertz CT molecular complexity index is 1950. The van der Waals surface area contributed by atoms with Crippen LogP contribution >= 0.6 is 0 Å². The first-order chi connectivity index (χ1) is 26.8. The predicted molar refractivity (Wildman–Crippen MR) is 217 cm³/mol. The smallest absolute Gasteiger partial charge is 0.417 e. The molecule has 1 heterocycles. The second kappa shape index (κ2) is 18.7. The van der Waals surface area contributed by atoms with Crippen LogP contribution < -0.4 is 4.90 Å². The van der Waals surface area contributed by atoms with Gasteiger partial charge in [0.05, 0.1) is 5.60 Å². The molecule has 55 heavy (non-hydrogen) atoms. The summed E-state index contributed by atoms with van der Waals surface area (Å²) in [5.41, 5.74) is 4.59. The highest BCUT2D eigenvalue weighted by atomic mass is 16.6. The summed E-state index contributed by atoms with van der Waals surface area (Å²) < 4.78 is 5.49. The van der Waals surface area contributed by atoms with Crippen molar-refractivity contribution in [3.8, 4) is 0 Å². The summed E-state index contributed by atoms with van der Waals surface area (Å²) in [7, 11) is 0. The van der Waals surface area contributed by atoms with Crippen molar-refractivity contribution in [2.45, 2.75) is 83.0 Å². The van der Waals surface area contributed by atoms with Crippen LogP contribution in [0.25, 0.3) is 0 Å². The number of aliphatic hydroxyl groups is 1. The van der Waals surface area contributed by atoms with Crippen LogP contribution in [-0.4, -0.2) is 40.0 Å². The second-order valence-electron chi connectivity index (χ2n) is 14.7. The number of ketones is 1. The van der Waals surface area contributed by atoms with Crippen molar-refractivity contribution >= 4 is 23.5 Å². The molecule has 0 spiro atoms. The van der Waals surface area contributed by atoms with Gasteiger partial charge in [0.1, 0.15) is 24.3 Å². The average Bonchev–Trinajstić information content (AvgIpc) is 3.61. The lowest BCUT2D eigenvalue weighted by Crippen LogP contribution is -2.46. The third-order valence-electron chi connectivity index (χ3n) is 10.8. The first kappa shape index (κ1) is 39.2. The molecule has 1 aliphatic rings. The van der Waals surface area contributed by atoms with Crippen molar-refractivity contribution in [1.29, 1.82) is 0 Å². The molecule has 7 nitrogen and oxygen atoms in total. The van der Waals surface area contributed by atoms with Crippen LogP contribution in [-0.2, 0) is 33.8 Å². The van der Waals surface area contributed by atoms with Gasteiger partial charge in [-0.25, -0.2) is 9.69 Å². The number of benzene rings is 5. The summed E-state index contributed by atoms with van der Waals surface area (Å²) in [5.74, 6) is -2.76. The van der Waals surface area contributed by atoms with Crippen LogP contribution in [0.4, 0.5) is 10.5 Å². The van der Waals surface area contributed by atoms with Crippen LogP contribution in [0.2, 0.25) is 0 Å². The van der Waals surface area contributed by atoms with Crippen LogP contribution in [0.5, 0.6) is 0 Å². The van der Waals surface area contributed by atoms with Gasteiger partial charge in [-0.3, -0.25) is 9.59 Å². The average molecular weight is 737 g/mol. The number of Topliss-reactive ketones (excluding diaryl/α,β-unsaturated/α-hetero) is 1. The molecule has 6 rings (SSSR count). The molecule has 0 radical (unpaired) electrons. The molecular formula is C48H52N2O5. The molecule has 1 aliphatic heterocycles. The maximum absolute atomic E-state index is 15.0. The summed E-state index contributed by atoms with van der Waals surface area (Å²) in [5, 5.41) is 12.1. The van der Waals surface area contributed by atoms with Gasteiger partial charge in [0.2, 0.25) is 5.91 Å². The van der Waals surface area contributed by atoms with Crippen LogP contribution in [0.15, 0.2) is 146 Å². The minimum Gasteiger partial charge on any atom is -0.446 e. The monoisotopic (exact) mass is 736 g/mol. The Labute approximate surface area is 325 Å². The lowest BCUT2D eigenvalue weighted by atomic mass is 9.75. The lowest BCUT2D eigenvalue weighted by Gasteiger charge is -2.34. The molecule has 1 fully saturated rings. The number of aryl methyl sites for hydroxylation is 1. The molecule has 0 saturated carbocycles. The number of hydrogen-bond donors (Lipinski definition) is 1. The SMILES string of the molecule is CCCC(O)(CCc1ccccc1)CC(=O)C(C(=O)N1C(=O)OCC1c1ccccc1)C(CC)c1cccc(N(Cc2ccccc2)Cc2ccccc2)c1. The zero-order chi connectivity index (χ0) is 38.6. The van der Waals surface area contributed by atoms with Gasteiger partial charge in [0.25, 0.3) is 0 Å². The van der Waals surface area contributed by atoms with Gasteiger partial charge >= 0.3 is 6.09 Å². The number of anilines is 1. The highest BCUT2D eigenvalue weighted by Gasteiger charge is 2.47. The molecule has 0 bridgehead atoms. The normalized spacial score (nSPS) is 16.2. The van der Waals surface area contributed by atoms with Gasteiger partial charge < -0.3 is 14.7 Å². The zero-order valence-electron chi connectivity index (χ0n) is 31.9. The van der Waals surface area contributed by atoms with Crippen LogP contribution in [0.1, 0.15) is 85.7 Å². The molecule has 0 aliphatic carbocycles. The van der Waals surface area contributed by atoms with Crippen molar-refractivity contribution in [3.05, 3.63) is 173 Å². The van der Waals surface area contributed by atoms with Crippen molar-refractivity contribution in [2.24, 2.45) is 5.92 Å². The Balaban J connectivity index is 1.37. The quantitative estimate of drug-likeness (QED) is 0.0902. The van der Waals surface area contributed by atoms with Gasteiger partial charge in [-0.2, -0.15) is 0 Å². The molecule has 7 heteroatoms. The van der Waals surface area contributed by atoms with E-state index in [0.29, 0.717) is 45.2 Å². The topological polar surface area (TPSA) is 87.2 Å². The minimum atomic E-state index is -1.33. The number of hydrogen-bond acceptors (Lipinski definition) is 6. The third kappa shape index (κ3) is 9.97. The molecular weight excluding hydrogens is 685 g/mol. The van der Waals surface area contributed by atoms with Gasteiger partial charge in [-0.15, -0.1) is 0 Å². The summed E-state index contributed by atoms with van der Waals surface area (Å²) >= 11 is 0. The number of carbonyl (C=O) groups is 3. The van der Waals surface area contributed by atoms with Crippen molar-refractivity contribution in [2.75, 3.05) is 11.5 Å². The predicted octanol–water partition coefficient (Wildman–Crippen LogP) is 9.85. The fourth-order valence-electron chi connectivity index (χ4n) is 7.95. The number of imide groups is 1. The molecule has 4 atom stereocenters. The Kier molecular flexibility index (Phi) is 13.3. The van der Waals surface area contributed by atoms with E-state index >= 15 is 0 Å². The van der Waals surface area contributed by atoms with Gasteiger partial charge in [0, 0.05) is 31.1 Å². The van der Waals surface area contributed by atoms with E-state index in [0.717, 1.165) is 38.4 Å². The molecule has 2 amide bonds. The number of nitrogens with zero attached hydrogens (tertiary/aromatic N) is 2. The van der Waals surface area contributed by atoms with E-state index in [-0.39, 0.29) is 18.8 Å². The first-order valence-electron chi connectivity index (χ1n) is 19.5. The first-order valence-corrected chi connectivity index (χ1v) is 19.5. The lowest BCUT2D eigenvalue weighted by molar-refractivity contribution is -0.143. The standard InChI is InChI=1S/C48H52N2O5/c1-3-29-48(54,30-28-36-18-9-5-10-19-36)32-44(51)45(46(52)50-43(35-55-47(50)53)39-24-15-8-16-25-39)42(4-2)40-26-17-27-41(31-40)49(33-37-20-11-6-12-21-37)34-38-22-13-7-14-23-38/h5-27,31,42-43,45,54H,3-4,28-30,32-35H2,1-2H3. The number of rotatable bonds is 18. The van der Waals surface area contributed by atoms with E-state index in [9.17, 15) is 19.5 Å². The molecule has 0 aromatic heterocycles. The molecule has 5 aromatic rings. The number of cyclic esters (lactones) is 1. The Morgan fingerprint density at radius 3 is 1.89 bits per heavy atom. The Morgan fingerprint density at radius 2 is 1.33 bits per heavy atom. The summed E-state index contributed by atoms with van der Waals surface area (Å²) in [6.45, 7) is 5.28. The Morgan fingerprint density at radius 1 is 0.764 bits per heavy atom. The number of amides is 2. The molecule has 1 saturated heterocycles. The van der Waals surface area contributed by atoms with Gasteiger partial charge in [-0.05, 0) is 65.6 Å². The largest absolute Gasteiger partial charge is 0.446 e. The highest BCUT2D eigenvalue weighted by molar-refractivity contribution is 6.07. The van der Waals surface area contributed by atoms with E-state index in [4.69, 9.17) is 4.74 Å². The van der Waals surface area contributed by atoms with Crippen molar-refractivity contribution < 1.29 is 24.2 Å². The molecule has 4 unspecified atom stereocenters. The molecule has 5 aromatic carbocycles. The summed E-state index contributed by atoms with van der Waals surface area (Å²) in [6, 6.07) is 47.3. The summed E-state index contributed by atoms with van der Waals surface area (Å²) in [4.78, 5) is 46.8. The summed E-state index contributed by atoms with van der Waals surface area (Å²) in [6.07, 6.45) is 1.54. The van der Waals surface area contributed by atoms with E-state index in [1.807, 2.05) is 123 Å². The van der Waals surface area contributed by atoms with Crippen LogP contribution in [0, 0.1) is 5.92 Å². The third-order valence-corrected chi connectivity index (χ3v) is 10.8. The second-order valence-corrected chi connectivity index (χ2v) is 14.7. The maximum Gasteiger partial charge on any atom is 0.417 e. The van der Waals surface area contributed by atoms with E-state index in [1.165, 1.54) is 0 Å². The van der Waals surface area contributed by atoms with E-state index < -0.39 is 35.5 Å². The van der Waals surface area contributed by atoms with E-state index in [1.54, 1.807) is 0 Å². The van der Waals surface area contributed by atoms with Crippen LogP contribution in [0.3, 0.4) is 0 Å². The van der Waals surface area contributed by atoms with Gasteiger partial charge in [0.15, 0.2) is 0 Å². The molecule has 284 valence electrons. The zero-order valence-corrected chi connectivity index (χ0v) is 31.9.